The van der Waals surface area contributed by atoms with Gasteiger partial charge in [0.2, 0.25) is 5.91 Å². The van der Waals surface area contributed by atoms with E-state index in [0.29, 0.717) is 24.4 Å². The van der Waals surface area contributed by atoms with Gasteiger partial charge in [0.25, 0.3) is 5.91 Å². The van der Waals surface area contributed by atoms with Crippen LogP contribution in [0, 0.1) is 0 Å². The molecule has 22 heavy (non-hydrogen) atoms. The van der Waals surface area contributed by atoms with Gasteiger partial charge in [-0.1, -0.05) is 0 Å². The first-order valence-corrected chi connectivity index (χ1v) is 6.62. The van der Waals surface area contributed by atoms with Gasteiger partial charge in [0.05, 0.1) is 0 Å². The van der Waals surface area contributed by atoms with E-state index in [1.54, 1.807) is 31.4 Å². The number of hydrogen-bond acceptors (Lipinski definition) is 4. The Labute approximate surface area is 128 Å². The molecule has 0 aliphatic heterocycles. The Bertz CT molecular complexity index is 552. The number of carboxylic acid groups (broad SMARTS) is 1. The fourth-order valence-electron chi connectivity index (χ4n) is 1.56. The van der Waals surface area contributed by atoms with Crippen LogP contribution in [0.4, 0.5) is 5.69 Å². The van der Waals surface area contributed by atoms with Crippen LogP contribution in [-0.2, 0) is 14.3 Å². The highest BCUT2D eigenvalue weighted by Gasteiger charge is 2.05. The van der Waals surface area contributed by atoms with Crippen molar-refractivity contribution < 1.29 is 24.2 Å². The molecule has 0 spiro atoms. The maximum atomic E-state index is 11.8. The zero-order chi connectivity index (χ0) is 16.4. The van der Waals surface area contributed by atoms with Crippen molar-refractivity contribution in [3.63, 3.8) is 0 Å². The summed E-state index contributed by atoms with van der Waals surface area (Å²) >= 11 is 0. The third kappa shape index (κ3) is 6.67. The molecule has 0 aliphatic rings. The quantitative estimate of drug-likeness (QED) is 0.491. The fraction of sp³-hybridized carbons (Fsp3) is 0.267. The van der Waals surface area contributed by atoms with Gasteiger partial charge < -0.3 is 20.5 Å². The average molecular weight is 306 g/mol. The second-order valence-electron chi connectivity index (χ2n) is 4.34. The van der Waals surface area contributed by atoms with Crippen LogP contribution in [0.1, 0.15) is 16.8 Å². The molecule has 0 atom stereocenters. The lowest BCUT2D eigenvalue weighted by molar-refractivity contribution is -0.131. The SMILES string of the molecule is COCCCNC(=O)c1ccc(NC(=O)/C=C/C(=O)O)cc1. The summed E-state index contributed by atoms with van der Waals surface area (Å²) < 4.78 is 4.88. The Hall–Kier alpha value is -2.67. The molecule has 0 aliphatic carbocycles. The van der Waals surface area contributed by atoms with Gasteiger partial charge in [0, 0.05) is 43.7 Å². The van der Waals surface area contributed by atoms with E-state index in [4.69, 9.17) is 9.84 Å². The number of carboxylic acids is 1. The van der Waals surface area contributed by atoms with Crippen molar-refractivity contribution in [3.05, 3.63) is 42.0 Å². The number of aliphatic carboxylic acids is 1. The number of methoxy groups -OCH3 is 1. The van der Waals surface area contributed by atoms with Crippen LogP contribution in [0.15, 0.2) is 36.4 Å². The number of carbonyl (C=O) groups is 3. The highest BCUT2D eigenvalue weighted by atomic mass is 16.5. The summed E-state index contributed by atoms with van der Waals surface area (Å²) in [5.74, 6) is -1.96. The number of ether oxygens (including phenoxy) is 1. The van der Waals surface area contributed by atoms with E-state index in [-0.39, 0.29) is 5.91 Å². The topological polar surface area (TPSA) is 105 Å². The molecule has 1 aromatic carbocycles. The first kappa shape index (κ1) is 17.4. The van der Waals surface area contributed by atoms with E-state index in [0.717, 1.165) is 18.6 Å². The lowest BCUT2D eigenvalue weighted by atomic mass is 10.2. The molecule has 7 nitrogen and oxygen atoms in total. The molecule has 1 rings (SSSR count). The predicted molar refractivity (Wildman–Crippen MR) is 80.7 cm³/mol. The van der Waals surface area contributed by atoms with E-state index in [1.807, 2.05) is 0 Å². The second kappa shape index (κ2) is 9.30. The molecule has 118 valence electrons. The van der Waals surface area contributed by atoms with Crippen molar-refractivity contribution in [3.8, 4) is 0 Å². The monoisotopic (exact) mass is 306 g/mol. The van der Waals surface area contributed by atoms with Gasteiger partial charge >= 0.3 is 5.97 Å². The minimum atomic E-state index is -1.20. The van der Waals surface area contributed by atoms with Crippen molar-refractivity contribution in [1.82, 2.24) is 5.32 Å². The van der Waals surface area contributed by atoms with Crippen LogP contribution in [0.25, 0.3) is 0 Å². The lowest BCUT2D eigenvalue weighted by Gasteiger charge is -2.06. The Morgan fingerprint density at radius 1 is 1.18 bits per heavy atom. The van der Waals surface area contributed by atoms with Crippen LogP contribution in [0.2, 0.25) is 0 Å². The number of benzene rings is 1. The van der Waals surface area contributed by atoms with Gasteiger partial charge in [0.15, 0.2) is 0 Å². The second-order valence-corrected chi connectivity index (χ2v) is 4.34. The standard InChI is InChI=1S/C15H18N2O5/c1-22-10-2-9-16-15(21)11-3-5-12(6-4-11)17-13(18)7-8-14(19)20/h3-8H,2,9-10H2,1H3,(H,16,21)(H,17,18)(H,19,20)/b8-7+. The van der Waals surface area contributed by atoms with E-state index >= 15 is 0 Å². The molecule has 0 unspecified atom stereocenters. The number of anilines is 1. The highest BCUT2D eigenvalue weighted by Crippen LogP contribution is 2.09. The molecule has 0 aromatic heterocycles. The molecule has 0 heterocycles. The molecule has 2 amide bonds. The first-order chi connectivity index (χ1) is 10.5. The van der Waals surface area contributed by atoms with E-state index in [9.17, 15) is 14.4 Å². The summed E-state index contributed by atoms with van der Waals surface area (Å²) in [6, 6.07) is 6.28. The van der Waals surface area contributed by atoms with Gasteiger partial charge in [-0.15, -0.1) is 0 Å². The van der Waals surface area contributed by atoms with Gasteiger partial charge in [-0.05, 0) is 30.7 Å². The number of carbonyl (C=O) groups excluding carboxylic acids is 2. The molecule has 0 saturated carbocycles. The number of rotatable bonds is 8. The minimum Gasteiger partial charge on any atom is -0.478 e. The third-order valence-electron chi connectivity index (χ3n) is 2.60. The van der Waals surface area contributed by atoms with Crippen molar-refractivity contribution in [1.29, 1.82) is 0 Å². The summed E-state index contributed by atoms with van der Waals surface area (Å²) in [4.78, 5) is 33.5. The average Bonchev–Trinajstić information content (AvgIpc) is 2.50. The summed E-state index contributed by atoms with van der Waals surface area (Å²) in [7, 11) is 1.60. The van der Waals surface area contributed by atoms with E-state index in [1.165, 1.54) is 0 Å². The smallest absolute Gasteiger partial charge is 0.328 e. The molecule has 7 heteroatoms. The summed E-state index contributed by atoms with van der Waals surface area (Å²) in [5.41, 5.74) is 0.937. The maximum absolute atomic E-state index is 11.8. The number of amides is 2. The van der Waals surface area contributed by atoms with E-state index < -0.39 is 11.9 Å². The summed E-state index contributed by atoms with van der Waals surface area (Å²) in [6.45, 7) is 1.10. The van der Waals surface area contributed by atoms with Crippen LogP contribution in [0.5, 0.6) is 0 Å². The van der Waals surface area contributed by atoms with Crippen molar-refractivity contribution in [2.75, 3.05) is 25.6 Å². The minimum absolute atomic E-state index is 0.209. The Morgan fingerprint density at radius 3 is 2.45 bits per heavy atom. The predicted octanol–water partition coefficient (Wildman–Crippen LogP) is 1.03. The van der Waals surface area contributed by atoms with Crippen LogP contribution in [-0.4, -0.2) is 43.2 Å². The van der Waals surface area contributed by atoms with Gasteiger partial charge in [0.1, 0.15) is 0 Å². The van der Waals surface area contributed by atoms with Gasteiger partial charge in [-0.25, -0.2) is 4.79 Å². The van der Waals surface area contributed by atoms with Crippen molar-refractivity contribution >= 4 is 23.5 Å². The van der Waals surface area contributed by atoms with Crippen LogP contribution < -0.4 is 10.6 Å². The maximum Gasteiger partial charge on any atom is 0.328 e. The van der Waals surface area contributed by atoms with Crippen molar-refractivity contribution in [2.45, 2.75) is 6.42 Å². The van der Waals surface area contributed by atoms with E-state index in [2.05, 4.69) is 10.6 Å². The highest BCUT2D eigenvalue weighted by molar-refractivity contribution is 6.02. The molecule has 0 radical (unpaired) electrons. The molecule has 1 aromatic rings. The summed E-state index contributed by atoms with van der Waals surface area (Å²) in [6.07, 6.45) is 2.39. The van der Waals surface area contributed by atoms with Gasteiger partial charge in [-0.2, -0.15) is 0 Å². The molecular weight excluding hydrogens is 288 g/mol. The lowest BCUT2D eigenvalue weighted by Crippen LogP contribution is -2.25. The molecule has 3 N–H and O–H groups in total. The molecular formula is C15H18N2O5. The number of hydrogen-bond donors (Lipinski definition) is 3. The van der Waals surface area contributed by atoms with Gasteiger partial charge in [-0.3, -0.25) is 9.59 Å². The summed E-state index contributed by atoms with van der Waals surface area (Å²) in [5, 5.41) is 13.6. The first-order valence-electron chi connectivity index (χ1n) is 6.62. The molecule has 0 saturated heterocycles. The Morgan fingerprint density at radius 2 is 1.86 bits per heavy atom. The van der Waals surface area contributed by atoms with Crippen molar-refractivity contribution in [2.24, 2.45) is 0 Å². The zero-order valence-electron chi connectivity index (χ0n) is 12.2. The van der Waals surface area contributed by atoms with Crippen LogP contribution in [0.3, 0.4) is 0 Å². The normalized spacial score (nSPS) is 10.4. The number of nitrogens with one attached hydrogen (secondary N) is 2. The van der Waals surface area contributed by atoms with Crippen LogP contribution >= 0.6 is 0 Å². The Balaban J connectivity index is 2.50. The zero-order valence-corrected chi connectivity index (χ0v) is 12.2. The fourth-order valence-corrected chi connectivity index (χ4v) is 1.56. The Kier molecular flexibility index (Phi) is 7.35. The molecule has 0 fully saturated rings. The molecule has 0 bridgehead atoms. The largest absolute Gasteiger partial charge is 0.478 e. The third-order valence-corrected chi connectivity index (χ3v) is 2.60.